The molecule has 0 bridgehead atoms. The van der Waals surface area contributed by atoms with E-state index >= 15 is 0 Å². The van der Waals surface area contributed by atoms with Crippen LogP contribution in [0.1, 0.15) is 57.1 Å². The van der Waals surface area contributed by atoms with Gasteiger partial charge in [-0.05, 0) is 36.5 Å². The molecule has 0 aliphatic carbocycles. The molecule has 25 heavy (non-hydrogen) atoms. The van der Waals surface area contributed by atoms with E-state index in [2.05, 4.69) is 31.2 Å². The standard InChI is InChI=1S/C23H28O2/c1-3-5-6-13-18-21(23(24)25-4-2)22(19-14-9-7-10-15-19)20-16-11-8-12-17-20/h7-12,14-17H,3-6,13,18H2,1-2H3. The number of ether oxygens (including phenoxy) is 1. The Kier molecular flexibility index (Phi) is 7.97. The van der Waals surface area contributed by atoms with Crippen molar-refractivity contribution in [1.29, 1.82) is 0 Å². The molecule has 2 rings (SSSR count). The van der Waals surface area contributed by atoms with E-state index in [4.69, 9.17) is 4.74 Å². The van der Waals surface area contributed by atoms with Gasteiger partial charge in [-0.2, -0.15) is 0 Å². The first-order valence-corrected chi connectivity index (χ1v) is 9.29. The van der Waals surface area contributed by atoms with Crippen LogP contribution in [0.3, 0.4) is 0 Å². The van der Waals surface area contributed by atoms with Gasteiger partial charge in [-0.1, -0.05) is 86.8 Å². The van der Waals surface area contributed by atoms with Crippen LogP contribution in [0.2, 0.25) is 0 Å². The van der Waals surface area contributed by atoms with E-state index in [0.717, 1.165) is 41.5 Å². The van der Waals surface area contributed by atoms with Crippen molar-refractivity contribution < 1.29 is 9.53 Å². The zero-order chi connectivity index (χ0) is 17.9. The Morgan fingerprint density at radius 2 is 1.36 bits per heavy atom. The second-order valence-corrected chi connectivity index (χ2v) is 6.12. The van der Waals surface area contributed by atoms with E-state index in [0.29, 0.717) is 6.61 Å². The van der Waals surface area contributed by atoms with Crippen LogP contribution in [0.4, 0.5) is 0 Å². The molecular formula is C23H28O2. The average molecular weight is 336 g/mol. The van der Waals surface area contributed by atoms with Crippen molar-refractivity contribution in [3.05, 3.63) is 77.4 Å². The lowest BCUT2D eigenvalue weighted by Crippen LogP contribution is -2.11. The van der Waals surface area contributed by atoms with Gasteiger partial charge >= 0.3 is 5.97 Å². The lowest BCUT2D eigenvalue weighted by atomic mass is 9.90. The fraction of sp³-hybridized carbons (Fsp3) is 0.348. The van der Waals surface area contributed by atoms with E-state index in [1.165, 1.54) is 12.8 Å². The number of benzene rings is 2. The molecule has 0 aliphatic rings. The Bertz CT molecular complexity index is 630. The predicted molar refractivity (Wildman–Crippen MR) is 104 cm³/mol. The van der Waals surface area contributed by atoms with Gasteiger partial charge in [0.15, 0.2) is 0 Å². The van der Waals surface area contributed by atoms with Gasteiger partial charge in [0.25, 0.3) is 0 Å². The van der Waals surface area contributed by atoms with Crippen LogP contribution in [-0.4, -0.2) is 12.6 Å². The van der Waals surface area contributed by atoms with Crippen LogP contribution in [0.5, 0.6) is 0 Å². The first-order valence-electron chi connectivity index (χ1n) is 9.29. The summed E-state index contributed by atoms with van der Waals surface area (Å²) in [5, 5.41) is 0. The maximum Gasteiger partial charge on any atom is 0.334 e. The minimum absolute atomic E-state index is 0.193. The van der Waals surface area contributed by atoms with E-state index in [-0.39, 0.29) is 5.97 Å². The number of carbonyl (C=O) groups excluding carboxylic acids is 1. The molecule has 0 radical (unpaired) electrons. The molecule has 0 aliphatic heterocycles. The van der Waals surface area contributed by atoms with Crippen molar-refractivity contribution >= 4 is 11.5 Å². The lowest BCUT2D eigenvalue weighted by Gasteiger charge is -2.16. The molecule has 132 valence electrons. The van der Waals surface area contributed by atoms with Gasteiger partial charge in [-0.3, -0.25) is 0 Å². The fourth-order valence-electron chi connectivity index (χ4n) is 3.00. The maximum atomic E-state index is 12.7. The van der Waals surface area contributed by atoms with Gasteiger partial charge in [0.2, 0.25) is 0 Å². The minimum Gasteiger partial charge on any atom is -0.463 e. The summed E-state index contributed by atoms with van der Waals surface area (Å²) in [5.41, 5.74) is 3.91. The monoisotopic (exact) mass is 336 g/mol. The molecule has 0 saturated heterocycles. The van der Waals surface area contributed by atoms with Crippen LogP contribution < -0.4 is 0 Å². The van der Waals surface area contributed by atoms with Gasteiger partial charge in [-0.15, -0.1) is 0 Å². The SMILES string of the molecule is CCCCCCC(C(=O)OCC)=C(c1ccccc1)c1ccccc1. The molecule has 0 unspecified atom stereocenters. The Morgan fingerprint density at radius 1 is 0.800 bits per heavy atom. The summed E-state index contributed by atoms with van der Waals surface area (Å²) in [4.78, 5) is 12.7. The van der Waals surface area contributed by atoms with E-state index in [1.807, 2.05) is 43.3 Å². The van der Waals surface area contributed by atoms with Gasteiger partial charge in [0.05, 0.1) is 6.61 Å². The molecule has 2 heteroatoms. The highest BCUT2D eigenvalue weighted by Gasteiger charge is 2.19. The van der Waals surface area contributed by atoms with Gasteiger partial charge in [-0.25, -0.2) is 4.79 Å². The zero-order valence-corrected chi connectivity index (χ0v) is 15.3. The number of carbonyl (C=O) groups is 1. The zero-order valence-electron chi connectivity index (χ0n) is 15.3. The molecule has 0 aromatic heterocycles. The molecule has 0 N–H and O–H groups in total. The largest absolute Gasteiger partial charge is 0.463 e. The first-order chi connectivity index (χ1) is 12.3. The van der Waals surface area contributed by atoms with Crippen LogP contribution >= 0.6 is 0 Å². The third-order valence-corrected chi connectivity index (χ3v) is 4.23. The molecule has 0 atom stereocenters. The number of hydrogen-bond acceptors (Lipinski definition) is 2. The van der Waals surface area contributed by atoms with Crippen LogP contribution in [0.15, 0.2) is 66.2 Å². The molecule has 2 aromatic carbocycles. The second-order valence-electron chi connectivity index (χ2n) is 6.12. The van der Waals surface area contributed by atoms with E-state index in [9.17, 15) is 4.79 Å². The molecule has 0 amide bonds. The Balaban J connectivity index is 2.49. The minimum atomic E-state index is -0.193. The second kappa shape index (κ2) is 10.5. The molecule has 0 saturated carbocycles. The van der Waals surface area contributed by atoms with Gasteiger partial charge in [0.1, 0.15) is 0 Å². The van der Waals surface area contributed by atoms with Crippen molar-refractivity contribution in [1.82, 2.24) is 0 Å². The molecule has 2 nitrogen and oxygen atoms in total. The van der Waals surface area contributed by atoms with E-state index < -0.39 is 0 Å². The van der Waals surface area contributed by atoms with Crippen LogP contribution in [-0.2, 0) is 9.53 Å². The number of hydrogen-bond donors (Lipinski definition) is 0. The molecular weight excluding hydrogens is 308 g/mol. The smallest absolute Gasteiger partial charge is 0.334 e. The molecule has 0 heterocycles. The van der Waals surface area contributed by atoms with Crippen LogP contribution in [0.25, 0.3) is 5.57 Å². The number of esters is 1. The Morgan fingerprint density at radius 3 is 1.84 bits per heavy atom. The van der Waals surface area contributed by atoms with Crippen molar-refractivity contribution in [2.24, 2.45) is 0 Å². The van der Waals surface area contributed by atoms with E-state index in [1.54, 1.807) is 0 Å². The fourth-order valence-corrected chi connectivity index (χ4v) is 3.00. The van der Waals surface area contributed by atoms with Gasteiger partial charge < -0.3 is 4.74 Å². The van der Waals surface area contributed by atoms with Crippen molar-refractivity contribution in [2.75, 3.05) is 6.61 Å². The Labute approximate surface area is 151 Å². The quantitative estimate of drug-likeness (QED) is 0.318. The predicted octanol–water partition coefficient (Wildman–Crippen LogP) is 6.02. The number of rotatable bonds is 9. The third-order valence-electron chi connectivity index (χ3n) is 4.23. The first kappa shape index (κ1) is 19.0. The average Bonchev–Trinajstić information content (AvgIpc) is 2.66. The molecule has 0 fully saturated rings. The highest BCUT2D eigenvalue weighted by molar-refractivity contribution is 6.01. The van der Waals surface area contributed by atoms with Crippen molar-refractivity contribution in [3.63, 3.8) is 0 Å². The normalized spacial score (nSPS) is 10.3. The highest BCUT2D eigenvalue weighted by atomic mass is 16.5. The maximum absolute atomic E-state index is 12.7. The highest BCUT2D eigenvalue weighted by Crippen LogP contribution is 2.30. The summed E-state index contributed by atoms with van der Waals surface area (Å²) in [6.45, 7) is 4.45. The summed E-state index contributed by atoms with van der Waals surface area (Å²) >= 11 is 0. The van der Waals surface area contributed by atoms with Gasteiger partial charge in [0, 0.05) is 5.57 Å². The summed E-state index contributed by atoms with van der Waals surface area (Å²) in [5.74, 6) is -0.193. The van der Waals surface area contributed by atoms with Crippen molar-refractivity contribution in [2.45, 2.75) is 46.0 Å². The lowest BCUT2D eigenvalue weighted by molar-refractivity contribution is -0.138. The third kappa shape index (κ3) is 5.60. The number of unbranched alkanes of at least 4 members (excludes halogenated alkanes) is 3. The summed E-state index contributed by atoms with van der Waals surface area (Å²) in [7, 11) is 0. The Hall–Kier alpha value is -2.35. The summed E-state index contributed by atoms with van der Waals surface area (Å²) in [6, 6.07) is 20.3. The topological polar surface area (TPSA) is 26.3 Å². The van der Waals surface area contributed by atoms with Crippen molar-refractivity contribution in [3.8, 4) is 0 Å². The summed E-state index contributed by atoms with van der Waals surface area (Å²) < 4.78 is 5.39. The summed E-state index contributed by atoms with van der Waals surface area (Å²) in [6.07, 6.45) is 5.27. The molecule has 2 aromatic rings. The molecule has 0 spiro atoms. The van der Waals surface area contributed by atoms with Crippen LogP contribution in [0, 0.1) is 0 Å².